The third-order valence-corrected chi connectivity index (χ3v) is 3.38. The van der Waals surface area contributed by atoms with E-state index in [0.29, 0.717) is 5.75 Å². The van der Waals surface area contributed by atoms with Crippen LogP contribution in [-0.4, -0.2) is 29.7 Å². The van der Waals surface area contributed by atoms with Crippen LogP contribution < -0.4 is 15.0 Å². The SMILES string of the molecule is CNC(=O)Oc1ccc2c(c1)N(Cc1cnc[nH]1)CC2. The fraction of sp³-hybridized carbons (Fsp3) is 0.286. The Labute approximate surface area is 116 Å². The van der Waals surface area contributed by atoms with Gasteiger partial charge in [0.1, 0.15) is 5.75 Å². The number of nitrogens with zero attached hydrogens (tertiary/aromatic N) is 2. The minimum Gasteiger partial charge on any atom is -0.410 e. The molecular weight excluding hydrogens is 256 g/mol. The number of carbonyl (C=O) groups is 1. The molecule has 0 atom stereocenters. The second-order valence-corrected chi connectivity index (χ2v) is 4.68. The molecule has 1 aromatic heterocycles. The van der Waals surface area contributed by atoms with Gasteiger partial charge < -0.3 is 19.9 Å². The summed E-state index contributed by atoms with van der Waals surface area (Å²) >= 11 is 0. The summed E-state index contributed by atoms with van der Waals surface area (Å²) in [6, 6.07) is 5.75. The van der Waals surface area contributed by atoms with Gasteiger partial charge in [0.2, 0.25) is 0 Å². The van der Waals surface area contributed by atoms with E-state index in [9.17, 15) is 4.79 Å². The predicted octanol–water partition coefficient (Wildman–Crippen LogP) is 1.69. The highest BCUT2D eigenvalue weighted by Crippen LogP contribution is 2.32. The van der Waals surface area contributed by atoms with Crippen molar-refractivity contribution < 1.29 is 9.53 Å². The van der Waals surface area contributed by atoms with Crippen molar-refractivity contribution in [2.24, 2.45) is 0 Å². The first-order chi connectivity index (χ1) is 9.76. The summed E-state index contributed by atoms with van der Waals surface area (Å²) < 4.78 is 5.18. The molecular formula is C14H16N4O2. The van der Waals surface area contributed by atoms with Gasteiger partial charge in [0.15, 0.2) is 0 Å². The fourth-order valence-corrected chi connectivity index (χ4v) is 2.39. The Balaban J connectivity index is 1.80. The van der Waals surface area contributed by atoms with Crippen molar-refractivity contribution in [3.8, 4) is 5.75 Å². The molecule has 1 amide bonds. The molecule has 0 unspecified atom stereocenters. The van der Waals surface area contributed by atoms with Gasteiger partial charge in [-0.2, -0.15) is 0 Å². The Hall–Kier alpha value is -2.50. The number of anilines is 1. The topological polar surface area (TPSA) is 70.2 Å². The van der Waals surface area contributed by atoms with Crippen LogP contribution in [0.15, 0.2) is 30.7 Å². The molecule has 0 saturated carbocycles. The van der Waals surface area contributed by atoms with Gasteiger partial charge in [-0.25, -0.2) is 9.78 Å². The quantitative estimate of drug-likeness (QED) is 0.892. The van der Waals surface area contributed by atoms with Crippen molar-refractivity contribution in [1.82, 2.24) is 15.3 Å². The molecule has 0 fully saturated rings. The normalized spacial score (nSPS) is 13.2. The van der Waals surface area contributed by atoms with E-state index < -0.39 is 6.09 Å². The first kappa shape index (κ1) is 12.5. The summed E-state index contributed by atoms with van der Waals surface area (Å²) in [5.74, 6) is 0.555. The Kier molecular flexibility index (Phi) is 3.28. The number of fused-ring (bicyclic) bond motifs is 1. The second kappa shape index (κ2) is 5.24. The first-order valence-electron chi connectivity index (χ1n) is 6.51. The highest BCUT2D eigenvalue weighted by molar-refractivity contribution is 5.71. The zero-order valence-electron chi connectivity index (χ0n) is 11.2. The number of hydrogen-bond acceptors (Lipinski definition) is 4. The van der Waals surface area contributed by atoms with Gasteiger partial charge in [0.25, 0.3) is 0 Å². The Bertz CT molecular complexity index is 610. The molecule has 0 aliphatic carbocycles. The summed E-state index contributed by atoms with van der Waals surface area (Å²) in [5, 5.41) is 2.44. The van der Waals surface area contributed by atoms with Crippen molar-refractivity contribution >= 4 is 11.8 Å². The average molecular weight is 272 g/mol. The summed E-state index contributed by atoms with van der Waals surface area (Å²) in [5.41, 5.74) is 3.45. The van der Waals surface area contributed by atoms with Crippen LogP contribution in [-0.2, 0) is 13.0 Å². The first-order valence-corrected chi connectivity index (χ1v) is 6.51. The molecule has 0 radical (unpaired) electrons. The number of aromatic nitrogens is 2. The van der Waals surface area contributed by atoms with Gasteiger partial charge in [-0.15, -0.1) is 0 Å². The monoisotopic (exact) mass is 272 g/mol. The molecule has 6 heteroatoms. The van der Waals surface area contributed by atoms with Gasteiger partial charge in [-0.3, -0.25) is 0 Å². The van der Waals surface area contributed by atoms with Crippen molar-refractivity contribution in [2.75, 3.05) is 18.5 Å². The van der Waals surface area contributed by atoms with E-state index in [4.69, 9.17) is 4.74 Å². The Morgan fingerprint density at radius 3 is 3.20 bits per heavy atom. The van der Waals surface area contributed by atoms with Crippen molar-refractivity contribution in [3.63, 3.8) is 0 Å². The number of aromatic amines is 1. The third-order valence-electron chi connectivity index (χ3n) is 3.38. The summed E-state index contributed by atoms with van der Waals surface area (Å²) in [7, 11) is 1.54. The minimum atomic E-state index is -0.455. The zero-order valence-corrected chi connectivity index (χ0v) is 11.2. The standard InChI is InChI=1S/C14H16N4O2/c1-15-14(19)20-12-3-2-10-4-5-18(13(10)6-12)8-11-7-16-9-17-11/h2-3,6-7,9H,4-5,8H2,1H3,(H,15,19)(H,16,17). The van der Waals surface area contributed by atoms with E-state index in [1.807, 2.05) is 24.4 Å². The van der Waals surface area contributed by atoms with E-state index in [-0.39, 0.29) is 0 Å². The van der Waals surface area contributed by atoms with E-state index in [0.717, 1.165) is 30.9 Å². The molecule has 6 nitrogen and oxygen atoms in total. The van der Waals surface area contributed by atoms with Gasteiger partial charge in [-0.1, -0.05) is 6.07 Å². The minimum absolute atomic E-state index is 0.455. The molecule has 1 aliphatic rings. The Morgan fingerprint density at radius 2 is 2.45 bits per heavy atom. The molecule has 2 heterocycles. The van der Waals surface area contributed by atoms with Crippen LogP contribution in [0.5, 0.6) is 5.75 Å². The molecule has 20 heavy (non-hydrogen) atoms. The number of rotatable bonds is 3. The maximum atomic E-state index is 11.3. The van der Waals surface area contributed by atoms with Gasteiger partial charge in [0, 0.05) is 31.5 Å². The lowest BCUT2D eigenvalue weighted by Crippen LogP contribution is -2.22. The van der Waals surface area contributed by atoms with Gasteiger partial charge in [0.05, 0.1) is 18.6 Å². The second-order valence-electron chi connectivity index (χ2n) is 4.68. The van der Waals surface area contributed by atoms with Crippen LogP contribution in [0, 0.1) is 0 Å². The van der Waals surface area contributed by atoms with Crippen LogP contribution in [0.2, 0.25) is 0 Å². The van der Waals surface area contributed by atoms with E-state index >= 15 is 0 Å². The lowest BCUT2D eigenvalue weighted by atomic mass is 10.1. The third kappa shape index (κ3) is 2.45. The molecule has 2 aromatic rings. The maximum Gasteiger partial charge on any atom is 0.412 e. The average Bonchev–Trinajstić information content (AvgIpc) is 3.10. The van der Waals surface area contributed by atoms with Crippen molar-refractivity contribution in [3.05, 3.63) is 42.0 Å². The van der Waals surface area contributed by atoms with Crippen molar-refractivity contribution in [1.29, 1.82) is 0 Å². The molecule has 0 saturated heterocycles. The van der Waals surface area contributed by atoms with Crippen LogP contribution in [0.25, 0.3) is 0 Å². The zero-order chi connectivity index (χ0) is 13.9. The van der Waals surface area contributed by atoms with Crippen LogP contribution in [0.3, 0.4) is 0 Å². The van der Waals surface area contributed by atoms with Crippen molar-refractivity contribution in [2.45, 2.75) is 13.0 Å². The smallest absolute Gasteiger partial charge is 0.410 e. The molecule has 0 spiro atoms. The highest BCUT2D eigenvalue weighted by Gasteiger charge is 2.20. The van der Waals surface area contributed by atoms with E-state index in [1.54, 1.807) is 13.4 Å². The number of nitrogens with one attached hydrogen (secondary N) is 2. The predicted molar refractivity (Wildman–Crippen MR) is 74.9 cm³/mol. The molecule has 2 N–H and O–H groups in total. The lowest BCUT2D eigenvalue weighted by Gasteiger charge is -2.18. The molecule has 1 aliphatic heterocycles. The largest absolute Gasteiger partial charge is 0.412 e. The van der Waals surface area contributed by atoms with Crippen LogP contribution in [0.4, 0.5) is 10.5 Å². The van der Waals surface area contributed by atoms with Gasteiger partial charge >= 0.3 is 6.09 Å². The van der Waals surface area contributed by atoms with Crippen LogP contribution >= 0.6 is 0 Å². The number of ether oxygens (including phenoxy) is 1. The summed E-state index contributed by atoms with van der Waals surface area (Å²) in [6.45, 7) is 1.73. The van der Waals surface area contributed by atoms with Gasteiger partial charge in [-0.05, 0) is 18.1 Å². The number of imidazole rings is 1. The number of carbonyl (C=O) groups excluding carboxylic acids is 1. The lowest BCUT2D eigenvalue weighted by molar-refractivity contribution is 0.203. The van der Waals surface area contributed by atoms with E-state index in [2.05, 4.69) is 20.2 Å². The van der Waals surface area contributed by atoms with Crippen LogP contribution in [0.1, 0.15) is 11.3 Å². The molecule has 1 aromatic carbocycles. The summed E-state index contributed by atoms with van der Waals surface area (Å²) in [4.78, 5) is 20.6. The Morgan fingerprint density at radius 1 is 1.55 bits per heavy atom. The number of amides is 1. The fourth-order valence-electron chi connectivity index (χ4n) is 2.39. The number of H-pyrrole nitrogens is 1. The molecule has 3 rings (SSSR count). The maximum absolute atomic E-state index is 11.3. The highest BCUT2D eigenvalue weighted by atomic mass is 16.5. The summed E-state index contributed by atoms with van der Waals surface area (Å²) in [6.07, 6.45) is 4.05. The number of hydrogen-bond donors (Lipinski definition) is 2. The van der Waals surface area contributed by atoms with E-state index in [1.165, 1.54) is 5.56 Å². The number of benzene rings is 1. The molecule has 0 bridgehead atoms. The molecule has 104 valence electrons.